The van der Waals surface area contributed by atoms with Gasteiger partial charge in [-0.3, -0.25) is 9.59 Å². The zero-order valence-electron chi connectivity index (χ0n) is 14.4. The summed E-state index contributed by atoms with van der Waals surface area (Å²) in [5, 5.41) is 5.79. The summed E-state index contributed by atoms with van der Waals surface area (Å²) < 4.78 is 5.60. The average Bonchev–Trinajstić information content (AvgIpc) is 3.16. The van der Waals surface area contributed by atoms with Gasteiger partial charge in [0.05, 0.1) is 5.69 Å². The van der Waals surface area contributed by atoms with E-state index in [4.69, 9.17) is 4.74 Å². The smallest absolute Gasteiger partial charge is 0.258 e. The molecule has 5 nitrogen and oxygen atoms in total. The highest BCUT2D eigenvalue weighted by atomic mass is 16.5. The number of nitrogens with one attached hydrogen (secondary N) is 2. The van der Waals surface area contributed by atoms with E-state index in [0.29, 0.717) is 17.4 Å². The van der Waals surface area contributed by atoms with Crippen molar-refractivity contribution in [2.45, 2.75) is 45.6 Å². The molecule has 2 bridgehead atoms. The van der Waals surface area contributed by atoms with E-state index in [2.05, 4.69) is 17.6 Å². The third-order valence-electron chi connectivity index (χ3n) is 5.38. The predicted octanol–water partition coefficient (Wildman–Crippen LogP) is 2.96. The fourth-order valence-electron chi connectivity index (χ4n) is 4.34. The number of amides is 2. The second-order valence-electron chi connectivity index (χ2n) is 7.16. The Labute approximate surface area is 143 Å². The Kier molecular flexibility index (Phi) is 5.07. The summed E-state index contributed by atoms with van der Waals surface area (Å²) >= 11 is 0. The van der Waals surface area contributed by atoms with E-state index >= 15 is 0 Å². The molecule has 2 amide bonds. The van der Waals surface area contributed by atoms with Crippen molar-refractivity contribution in [1.29, 1.82) is 0 Å². The van der Waals surface area contributed by atoms with Crippen molar-refractivity contribution in [3.63, 3.8) is 0 Å². The average molecular weight is 330 g/mol. The van der Waals surface area contributed by atoms with Gasteiger partial charge in [-0.25, -0.2) is 0 Å². The normalized spacial score (nSPS) is 26.0. The minimum Gasteiger partial charge on any atom is -0.482 e. The molecule has 0 aliphatic heterocycles. The van der Waals surface area contributed by atoms with Gasteiger partial charge in [-0.2, -0.15) is 0 Å². The zero-order chi connectivity index (χ0) is 17.1. The molecule has 0 radical (unpaired) electrons. The molecular formula is C19H26N2O3. The van der Waals surface area contributed by atoms with Crippen molar-refractivity contribution >= 4 is 17.5 Å². The number of hydrogen-bond acceptors (Lipinski definition) is 3. The van der Waals surface area contributed by atoms with E-state index in [1.54, 1.807) is 12.1 Å². The second-order valence-corrected chi connectivity index (χ2v) is 7.16. The largest absolute Gasteiger partial charge is 0.482 e. The van der Waals surface area contributed by atoms with Crippen molar-refractivity contribution in [3.05, 3.63) is 24.3 Å². The van der Waals surface area contributed by atoms with Gasteiger partial charge < -0.3 is 15.4 Å². The van der Waals surface area contributed by atoms with Crippen LogP contribution in [0.25, 0.3) is 0 Å². The predicted molar refractivity (Wildman–Crippen MR) is 92.8 cm³/mol. The van der Waals surface area contributed by atoms with Gasteiger partial charge in [0.15, 0.2) is 6.61 Å². The minimum atomic E-state index is -0.166. The maximum Gasteiger partial charge on any atom is 0.258 e. The number of carbonyl (C=O) groups is 2. The molecule has 2 aliphatic carbocycles. The van der Waals surface area contributed by atoms with Gasteiger partial charge in [0.1, 0.15) is 5.75 Å². The van der Waals surface area contributed by atoms with Crippen LogP contribution in [0.2, 0.25) is 0 Å². The lowest BCUT2D eigenvalue weighted by Gasteiger charge is -2.28. The SMILES string of the molecule is CC(=O)Nc1ccccc1OCC(=O)NC(C)C1CC2CCC1C2. The molecular weight excluding hydrogens is 304 g/mol. The molecule has 3 rings (SSSR count). The van der Waals surface area contributed by atoms with Crippen LogP contribution in [-0.2, 0) is 9.59 Å². The summed E-state index contributed by atoms with van der Waals surface area (Å²) in [7, 11) is 0. The minimum absolute atomic E-state index is 0.0399. The van der Waals surface area contributed by atoms with Crippen molar-refractivity contribution in [2.24, 2.45) is 17.8 Å². The number of benzene rings is 1. The molecule has 24 heavy (non-hydrogen) atoms. The molecule has 0 saturated heterocycles. The molecule has 0 spiro atoms. The monoisotopic (exact) mass is 330 g/mol. The van der Waals surface area contributed by atoms with Gasteiger partial charge in [-0.1, -0.05) is 18.6 Å². The topological polar surface area (TPSA) is 67.4 Å². The van der Waals surface area contributed by atoms with Crippen molar-refractivity contribution in [3.8, 4) is 5.75 Å². The van der Waals surface area contributed by atoms with Gasteiger partial charge in [0.2, 0.25) is 5.91 Å². The maximum absolute atomic E-state index is 12.2. The Bertz CT molecular complexity index is 616. The molecule has 1 aromatic rings. The van der Waals surface area contributed by atoms with Gasteiger partial charge in [0.25, 0.3) is 5.91 Å². The van der Waals surface area contributed by atoms with Crippen LogP contribution >= 0.6 is 0 Å². The first kappa shape index (κ1) is 16.8. The molecule has 0 heterocycles. The molecule has 130 valence electrons. The molecule has 1 aromatic carbocycles. The number of rotatable bonds is 6. The quantitative estimate of drug-likeness (QED) is 0.842. The van der Waals surface area contributed by atoms with Gasteiger partial charge in [0, 0.05) is 13.0 Å². The Morgan fingerprint density at radius 3 is 2.71 bits per heavy atom. The highest BCUT2D eigenvalue weighted by Gasteiger charge is 2.42. The van der Waals surface area contributed by atoms with Crippen molar-refractivity contribution in [2.75, 3.05) is 11.9 Å². The van der Waals surface area contributed by atoms with E-state index in [0.717, 1.165) is 11.8 Å². The van der Waals surface area contributed by atoms with Crippen LogP contribution in [0.5, 0.6) is 5.75 Å². The number of anilines is 1. The molecule has 4 unspecified atom stereocenters. The molecule has 4 atom stereocenters. The second kappa shape index (κ2) is 7.24. The lowest BCUT2D eigenvalue weighted by molar-refractivity contribution is -0.124. The Hall–Kier alpha value is -2.04. The lowest BCUT2D eigenvalue weighted by Crippen LogP contribution is -2.42. The molecule has 2 aliphatic rings. The van der Waals surface area contributed by atoms with E-state index < -0.39 is 0 Å². The van der Waals surface area contributed by atoms with Crippen LogP contribution in [-0.4, -0.2) is 24.5 Å². The fourth-order valence-corrected chi connectivity index (χ4v) is 4.34. The van der Waals surface area contributed by atoms with E-state index in [1.165, 1.54) is 32.6 Å². The third kappa shape index (κ3) is 3.89. The number of fused-ring (bicyclic) bond motifs is 2. The van der Waals surface area contributed by atoms with E-state index in [-0.39, 0.29) is 24.5 Å². The first-order valence-electron chi connectivity index (χ1n) is 8.81. The number of carbonyl (C=O) groups excluding carboxylic acids is 2. The highest BCUT2D eigenvalue weighted by molar-refractivity contribution is 5.90. The van der Waals surface area contributed by atoms with Gasteiger partial charge >= 0.3 is 0 Å². The molecule has 2 N–H and O–H groups in total. The third-order valence-corrected chi connectivity index (χ3v) is 5.38. The maximum atomic E-state index is 12.2. The Balaban J connectivity index is 1.50. The summed E-state index contributed by atoms with van der Waals surface area (Å²) in [6, 6.07) is 7.33. The Morgan fingerprint density at radius 2 is 2.04 bits per heavy atom. The lowest BCUT2D eigenvalue weighted by atomic mass is 9.84. The molecule has 0 aromatic heterocycles. The van der Waals surface area contributed by atoms with Crippen molar-refractivity contribution < 1.29 is 14.3 Å². The fraction of sp³-hybridized carbons (Fsp3) is 0.579. The van der Waals surface area contributed by atoms with E-state index in [1.807, 2.05) is 12.1 Å². The molecule has 2 fully saturated rings. The summed E-state index contributed by atoms with van der Waals surface area (Å²) in [4.78, 5) is 23.4. The summed E-state index contributed by atoms with van der Waals surface area (Å²) in [5.41, 5.74) is 0.582. The van der Waals surface area contributed by atoms with Gasteiger partial charge in [-0.05, 0) is 56.1 Å². The zero-order valence-corrected chi connectivity index (χ0v) is 14.4. The van der Waals surface area contributed by atoms with Crippen molar-refractivity contribution in [1.82, 2.24) is 5.32 Å². The first-order valence-corrected chi connectivity index (χ1v) is 8.81. The first-order chi connectivity index (χ1) is 11.5. The van der Waals surface area contributed by atoms with E-state index in [9.17, 15) is 9.59 Å². The van der Waals surface area contributed by atoms with Gasteiger partial charge in [-0.15, -0.1) is 0 Å². The van der Waals surface area contributed by atoms with Crippen LogP contribution in [0.4, 0.5) is 5.69 Å². The van der Waals surface area contributed by atoms with Crippen LogP contribution in [0.3, 0.4) is 0 Å². The van der Waals surface area contributed by atoms with Crippen LogP contribution < -0.4 is 15.4 Å². The Morgan fingerprint density at radius 1 is 1.25 bits per heavy atom. The van der Waals surface area contributed by atoms with Crippen LogP contribution in [0, 0.1) is 17.8 Å². The summed E-state index contributed by atoms with van der Waals surface area (Å²) in [6.45, 7) is 3.51. The number of ether oxygens (including phenoxy) is 1. The summed E-state index contributed by atoms with van der Waals surface area (Å²) in [6.07, 6.45) is 5.27. The highest BCUT2D eigenvalue weighted by Crippen LogP contribution is 2.49. The molecule has 5 heteroatoms. The number of hydrogen-bond donors (Lipinski definition) is 2. The standard InChI is InChI=1S/C19H26N2O3/c1-12(16-10-14-7-8-15(16)9-14)20-19(23)11-24-18-6-4-3-5-17(18)21-13(2)22/h3-6,12,14-16H,7-11H2,1-2H3,(H,20,23)(H,21,22). The van der Waals surface area contributed by atoms with Crippen LogP contribution in [0.1, 0.15) is 39.5 Å². The number of para-hydroxylation sites is 2. The van der Waals surface area contributed by atoms with Crippen LogP contribution in [0.15, 0.2) is 24.3 Å². The molecule has 2 saturated carbocycles. The summed E-state index contributed by atoms with van der Waals surface area (Å²) in [5.74, 6) is 2.50.